The first-order valence-corrected chi connectivity index (χ1v) is 4.73. The molecule has 0 spiro atoms. The van der Waals surface area contributed by atoms with Crippen molar-refractivity contribution in [1.29, 1.82) is 0 Å². The van der Waals surface area contributed by atoms with Gasteiger partial charge in [-0.1, -0.05) is 6.92 Å². The number of rotatable bonds is 2. The van der Waals surface area contributed by atoms with Gasteiger partial charge in [-0.3, -0.25) is 4.79 Å². The van der Waals surface area contributed by atoms with Gasteiger partial charge >= 0.3 is 0 Å². The minimum atomic E-state index is -0.774. The predicted octanol–water partition coefficient (Wildman–Crippen LogP) is -0.293. The van der Waals surface area contributed by atoms with Crippen LogP contribution in [0.5, 0.6) is 0 Å². The monoisotopic (exact) mass is 186 g/mol. The van der Waals surface area contributed by atoms with E-state index in [1.54, 1.807) is 11.8 Å². The fraction of sp³-hybridized carbons (Fsp3) is 0.889. The van der Waals surface area contributed by atoms with Crippen molar-refractivity contribution in [2.24, 2.45) is 5.73 Å². The minimum absolute atomic E-state index is 0.0495. The van der Waals surface area contributed by atoms with Crippen LogP contribution in [0, 0.1) is 0 Å². The highest BCUT2D eigenvalue weighted by molar-refractivity contribution is 5.85. The number of carbonyl (C=O) groups excluding carboxylic acids is 1. The normalized spacial score (nSPS) is 27.4. The van der Waals surface area contributed by atoms with Gasteiger partial charge in [0.1, 0.15) is 0 Å². The van der Waals surface area contributed by atoms with Crippen molar-refractivity contribution < 1.29 is 9.90 Å². The van der Waals surface area contributed by atoms with Gasteiger partial charge in [0.25, 0.3) is 0 Å². The van der Waals surface area contributed by atoms with Crippen molar-refractivity contribution in [3.05, 3.63) is 0 Å². The van der Waals surface area contributed by atoms with E-state index in [-0.39, 0.29) is 12.0 Å². The Morgan fingerprint density at radius 1 is 1.77 bits per heavy atom. The van der Waals surface area contributed by atoms with Crippen molar-refractivity contribution >= 4 is 5.91 Å². The van der Waals surface area contributed by atoms with Crippen LogP contribution in [0.1, 0.15) is 26.7 Å². The van der Waals surface area contributed by atoms with Gasteiger partial charge in [0.2, 0.25) is 5.91 Å². The topological polar surface area (TPSA) is 66.6 Å². The third-order valence-corrected chi connectivity index (χ3v) is 2.67. The second-order valence-corrected chi connectivity index (χ2v) is 3.96. The number of β-amino-alcohol motifs (C(OH)–C–C–N with tert-alkyl or cyclic N) is 1. The van der Waals surface area contributed by atoms with Crippen molar-refractivity contribution in [3.63, 3.8) is 0 Å². The molecule has 1 fully saturated rings. The van der Waals surface area contributed by atoms with Crippen LogP contribution in [0.15, 0.2) is 0 Å². The number of likely N-dealkylation sites (tertiary alicyclic amines) is 1. The van der Waals surface area contributed by atoms with E-state index in [0.717, 1.165) is 0 Å². The molecule has 0 aromatic heterocycles. The summed E-state index contributed by atoms with van der Waals surface area (Å²) in [5.74, 6) is -0.0495. The fourth-order valence-electron chi connectivity index (χ4n) is 1.44. The highest BCUT2D eigenvalue weighted by Gasteiger charge is 2.34. The maximum atomic E-state index is 11.7. The lowest BCUT2D eigenvalue weighted by Crippen LogP contribution is -2.52. The Balaban J connectivity index is 2.58. The Morgan fingerprint density at radius 3 is 2.77 bits per heavy atom. The summed E-state index contributed by atoms with van der Waals surface area (Å²) in [6.45, 7) is 4.70. The van der Waals surface area contributed by atoms with Gasteiger partial charge in [-0.2, -0.15) is 0 Å². The summed E-state index contributed by atoms with van der Waals surface area (Å²) in [7, 11) is 0. The summed E-state index contributed by atoms with van der Waals surface area (Å²) >= 11 is 0. The van der Waals surface area contributed by atoms with Gasteiger partial charge in [0, 0.05) is 13.1 Å². The molecule has 0 aromatic rings. The van der Waals surface area contributed by atoms with Crippen molar-refractivity contribution in [1.82, 2.24) is 4.90 Å². The lowest BCUT2D eigenvalue weighted by Gasteiger charge is -2.27. The number of aliphatic hydroxyl groups excluding tert-OH is 1. The number of nitrogens with two attached hydrogens (primary N) is 1. The molecule has 0 bridgehead atoms. The number of aliphatic hydroxyl groups is 1. The zero-order valence-corrected chi connectivity index (χ0v) is 8.29. The second kappa shape index (κ2) is 3.64. The quantitative estimate of drug-likeness (QED) is 0.622. The zero-order chi connectivity index (χ0) is 10.1. The van der Waals surface area contributed by atoms with Gasteiger partial charge < -0.3 is 15.7 Å². The molecule has 1 unspecified atom stereocenters. The highest BCUT2D eigenvalue weighted by atomic mass is 16.3. The number of carbonyl (C=O) groups is 1. The van der Waals surface area contributed by atoms with Gasteiger partial charge in [-0.25, -0.2) is 0 Å². The maximum Gasteiger partial charge on any atom is 0.242 e. The molecular formula is C9H18N2O2. The molecule has 0 radical (unpaired) electrons. The van der Waals surface area contributed by atoms with E-state index in [1.807, 2.05) is 6.92 Å². The lowest BCUT2D eigenvalue weighted by molar-refractivity contribution is -0.135. The van der Waals surface area contributed by atoms with E-state index >= 15 is 0 Å². The SMILES string of the molecule is CCC(C)(N)C(=O)N1CC[C@@H](O)C1. The molecule has 2 atom stereocenters. The summed E-state index contributed by atoms with van der Waals surface area (Å²) in [6.07, 6.45) is 0.931. The van der Waals surface area contributed by atoms with Crippen LogP contribution < -0.4 is 5.73 Å². The molecule has 4 heteroatoms. The van der Waals surface area contributed by atoms with Gasteiger partial charge in [-0.05, 0) is 19.8 Å². The second-order valence-electron chi connectivity index (χ2n) is 3.96. The molecule has 4 nitrogen and oxygen atoms in total. The van der Waals surface area contributed by atoms with Crippen LogP contribution in [0.25, 0.3) is 0 Å². The highest BCUT2D eigenvalue weighted by Crippen LogP contribution is 2.15. The smallest absolute Gasteiger partial charge is 0.242 e. The van der Waals surface area contributed by atoms with Crippen LogP contribution in [-0.2, 0) is 4.79 Å². The summed E-state index contributed by atoms with van der Waals surface area (Å²) in [5, 5.41) is 9.25. The Kier molecular flexibility index (Phi) is 2.93. The Bertz CT molecular complexity index is 204. The molecule has 1 heterocycles. The summed E-state index contributed by atoms with van der Waals surface area (Å²) in [5.41, 5.74) is 5.04. The first-order chi connectivity index (χ1) is 5.97. The Morgan fingerprint density at radius 2 is 2.38 bits per heavy atom. The van der Waals surface area contributed by atoms with Gasteiger partial charge in [0.05, 0.1) is 11.6 Å². The molecule has 3 N–H and O–H groups in total. The molecule has 0 aromatic carbocycles. The van der Waals surface area contributed by atoms with E-state index in [2.05, 4.69) is 0 Å². The minimum Gasteiger partial charge on any atom is -0.391 e. The molecule has 13 heavy (non-hydrogen) atoms. The van der Waals surface area contributed by atoms with Gasteiger partial charge in [0.15, 0.2) is 0 Å². The molecule has 1 rings (SSSR count). The molecule has 1 saturated heterocycles. The largest absolute Gasteiger partial charge is 0.391 e. The van der Waals surface area contributed by atoms with E-state index in [4.69, 9.17) is 5.73 Å². The predicted molar refractivity (Wildman–Crippen MR) is 50.1 cm³/mol. The van der Waals surface area contributed by atoms with E-state index in [9.17, 15) is 9.90 Å². The van der Waals surface area contributed by atoms with Crippen molar-refractivity contribution in [2.45, 2.75) is 38.3 Å². The molecule has 0 saturated carbocycles. The van der Waals surface area contributed by atoms with E-state index < -0.39 is 5.54 Å². The maximum absolute atomic E-state index is 11.7. The Hall–Kier alpha value is -0.610. The van der Waals surface area contributed by atoms with Gasteiger partial charge in [-0.15, -0.1) is 0 Å². The summed E-state index contributed by atoms with van der Waals surface area (Å²) in [4.78, 5) is 13.4. The molecule has 1 aliphatic heterocycles. The number of hydrogen-bond acceptors (Lipinski definition) is 3. The number of hydrogen-bond donors (Lipinski definition) is 2. The van der Waals surface area contributed by atoms with Crippen LogP contribution >= 0.6 is 0 Å². The molecular weight excluding hydrogens is 168 g/mol. The lowest BCUT2D eigenvalue weighted by atomic mass is 9.99. The average molecular weight is 186 g/mol. The van der Waals surface area contributed by atoms with Crippen LogP contribution in [0.4, 0.5) is 0 Å². The fourth-order valence-corrected chi connectivity index (χ4v) is 1.44. The molecule has 1 amide bonds. The standard InChI is InChI=1S/C9H18N2O2/c1-3-9(2,10)8(13)11-5-4-7(12)6-11/h7,12H,3-6,10H2,1-2H3/t7-,9?/m1/s1. The van der Waals surface area contributed by atoms with Crippen molar-refractivity contribution in [2.75, 3.05) is 13.1 Å². The molecule has 0 aliphatic carbocycles. The summed E-state index contributed by atoms with van der Waals surface area (Å²) < 4.78 is 0. The third-order valence-electron chi connectivity index (χ3n) is 2.67. The first kappa shape index (κ1) is 10.5. The van der Waals surface area contributed by atoms with Crippen LogP contribution in [0.2, 0.25) is 0 Å². The first-order valence-electron chi connectivity index (χ1n) is 4.73. The third kappa shape index (κ3) is 2.19. The van der Waals surface area contributed by atoms with E-state index in [1.165, 1.54) is 0 Å². The zero-order valence-electron chi connectivity index (χ0n) is 8.29. The average Bonchev–Trinajstić information content (AvgIpc) is 2.50. The van der Waals surface area contributed by atoms with Crippen LogP contribution in [0.3, 0.4) is 0 Å². The number of nitrogens with zero attached hydrogens (tertiary/aromatic N) is 1. The molecule has 76 valence electrons. The van der Waals surface area contributed by atoms with E-state index in [0.29, 0.717) is 25.9 Å². The summed E-state index contributed by atoms with van der Waals surface area (Å²) in [6, 6.07) is 0. The van der Waals surface area contributed by atoms with Crippen LogP contribution in [-0.4, -0.2) is 40.6 Å². The molecule has 1 aliphatic rings. The number of amides is 1. The van der Waals surface area contributed by atoms with Crippen molar-refractivity contribution in [3.8, 4) is 0 Å². The Labute approximate surface area is 78.7 Å².